The number of anilines is 1. The van der Waals surface area contributed by atoms with E-state index in [0.717, 1.165) is 6.42 Å². The second-order valence-corrected chi connectivity index (χ2v) is 8.00. The first-order valence-electron chi connectivity index (χ1n) is 8.82. The van der Waals surface area contributed by atoms with Crippen LogP contribution in [0.15, 0.2) is 64.7 Å². The Balaban J connectivity index is 1.48. The molecule has 0 bridgehead atoms. The molecule has 0 fully saturated rings. The largest absolute Gasteiger partial charge is 0.322 e. The molecular weight excluding hydrogens is 394 g/mol. The van der Waals surface area contributed by atoms with E-state index in [1.165, 1.54) is 23.1 Å². The zero-order chi connectivity index (χ0) is 20.3. The second-order valence-electron chi connectivity index (χ2n) is 6.32. The Hall–Kier alpha value is -3.60. The Morgan fingerprint density at radius 1 is 1.10 bits per heavy atom. The number of amidine groups is 1. The summed E-state index contributed by atoms with van der Waals surface area (Å²) in [5.41, 5.74) is 1.49. The molecule has 0 atom stereocenters. The number of carbonyl (C=O) groups excluding carboxylic acids is 1. The number of rotatable bonds is 5. The standard InChI is InChI=1S/C18H17N7O3S/c26-18(13-6-8-15(9-7-13)25-12-20-23-24-25)21-14-3-1-4-16(11-14)29(27,28)22-17-5-2-10-19-17/h1,3-4,6-9,11-12H,2,5,10H2,(H,19,22)(H,21,26). The van der Waals surface area contributed by atoms with Gasteiger partial charge < -0.3 is 5.32 Å². The first-order chi connectivity index (χ1) is 14.0. The van der Waals surface area contributed by atoms with Crippen molar-refractivity contribution in [2.75, 3.05) is 11.9 Å². The number of carbonyl (C=O) groups is 1. The van der Waals surface area contributed by atoms with Gasteiger partial charge in [-0.25, -0.2) is 13.1 Å². The van der Waals surface area contributed by atoms with Crippen molar-refractivity contribution in [3.05, 3.63) is 60.4 Å². The van der Waals surface area contributed by atoms with Crippen molar-refractivity contribution in [1.29, 1.82) is 0 Å². The van der Waals surface area contributed by atoms with Crippen LogP contribution in [0.25, 0.3) is 5.69 Å². The van der Waals surface area contributed by atoms with Crippen LogP contribution in [-0.4, -0.2) is 46.9 Å². The van der Waals surface area contributed by atoms with Gasteiger partial charge in [0.15, 0.2) is 0 Å². The molecule has 29 heavy (non-hydrogen) atoms. The van der Waals surface area contributed by atoms with Crippen molar-refractivity contribution in [3.8, 4) is 5.69 Å². The van der Waals surface area contributed by atoms with E-state index in [9.17, 15) is 13.2 Å². The molecule has 1 aliphatic rings. The van der Waals surface area contributed by atoms with Crippen LogP contribution < -0.4 is 10.0 Å². The van der Waals surface area contributed by atoms with Gasteiger partial charge in [-0.05, 0) is 59.3 Å². The second kappa shape index (κ2) is 7.80. The average molecular weight is 411 g/mol. The molecule has 2 N–H and O–H groups in total. The Morgan fingerprint density at radius 2 is 1.93 bits per heavy atom. The highest BCUT2D eigenvalue weighted by Crippen LogP contribution is 2.18. The fraction of sp³-hybridized carbons (Fsp3) is 0.167. The Kier molecular flexibility index (Phi) is 5.04. The number of amides is 1. The molecule has 0 saturated heterocycles. The van der Waals surface area contributed by atoms with E-state index in [1.54, 1.807) is 36.4 Å². The number of sulfonamides is 1. The highest BCUT2D eigenvalue weighted by Gasteiger charge is 2.19. The van der Waals surface area contributed by atoms with Crippen LogP contribution in [0.4, 0.5) is 5.69 Å². The Morgan fingerprint density at radius 3 is 2.62 bits per heavy atom. The summed E-state index contributed by atoms with van der Waals surface area (Å²) in [6.45, 7) is 0.625. The fourth-order valence-electron chi connectivity index (χ4n) is 2.83. The molecule has 1 amide bonds. The van der Waals surface area contributed by atoms with Crippen LogP contribution in [-0.2, 0) is 10.0 Å². The third kappa shape index (κ3) is 4.29. The van der Waals surface area contributed by atoms with Gasteiger partial charge in [-0.1, -0.05) is 6.07 Å². The number of nitrogens with zero attached hydrogens (tertiary/aromatic N) is 5. The number of nitrogens with one attached hydrogen (secondary N) is 2. The van der Waals surface area contributed by atoms with E-state index in [-0.39, 0.29) is 10.8 Å². The van der Waals surface area contributed by atoms with Crippen LogP contribution in [0.2, 0.25) is 0 Å². The lowest BCUT2D eigenvalue weighted by Crippen LogP contribution is -2.29. The maximum atomic E-state index is 12.5. The topological polar surface area (TPSA) is 131 Å². The highest BCUT2D eigenvalue weighted by atomic mass is 32.2. The van der Waals surface area contributed by atoms with Crippen molar-refractivity contribution in [2.45, 2.75) is 17.7 Å². The first-order valence-corrected chi connectivity index (χ1v) is 10.3. The van der Waals surface area contributed by atoms with Gasteiger partial charge in [-0.3, -0.25) is 14.5 Å². The average Bonchev–Trinajstić information content (AvgIpc) is 3.42. The lowest BCUT2D eigenvalue weighted by molar-refractivity contribution is 0.102. The maximum Gasteiger partial charge on any atom is 0.262 e. The molecule has 0 radical (unpaired) electrons. The third-order valence-electron chi connectivity index (χ3n) is 4.27. The molecule has 0 saturated carbocycles. The van der Waals surface area contributed by atoms with Gasteiger partial charge in [-0.15, -0.1) is 5.10 Å². The molecule has 1 aromatic heterocycles. The number of benzene rings is 2. The minimum absolute atomic E-state index is 0.0546. The lowest BCUT2D eigenvalue weighted by atomic mass is 10.2. The molecule has 3 aromatic rings. The monoisotopic (exact) mass is 411 g/mol. The van der Waals surface area contributed by atoms with E-state index in [1.807, 2.05) is 0 Å². The first kappa shape index (κ1) is 18.7. The number of tetrazole rings is 1. The quantitative estimate of drug-likeness (QED) is 0.652. The Labute approximate surface area is 166 Å². The smallest absolute Gasteiger partial charge is 0.262 e. The third-order valence-corrected chi connectivity index (χ3v) is 5.65. The SMILES string of the molecule is O=C(Nc1cccc(S(=O)(=O)NC2=NCCC2)c1)c1ccc(-n2cnnn2)cc1. The molecular formula is C18H17N7O3S. The maximum absolute atomic E-state index is 12.5. The predicted molar refractivity (Wildman–Crippen MR) is 105 cm³/mol. The van der Waals surface area contributed by atoms with Gasteiger partial charge >= 0.3 is 0 Å². The van der Waals surface area contributed by atoms with Crippen LogP contribution in [0.1, 0.15) is 23.2 Å². The van der Waals surface area contributed by atoms with Crippen molar-refractivity contribution < 1.29 is 13.2 Å². The number of hydrogen-bond acceptors (Lipinski definition) is 7. The minimum Gasteiger partial charge on any atom is -0.322 e. The van der Waals surface area contributed by atoms with Crippen LogP contribution in [0.3, 0.4) is 0 Å². The summed E-state index contributed by atoms with van der Waals surface area (Å²) in [5.74, 6) is 0.0954. The molecule has 11 heteroatoms. The summed E-state index contributed by atoms with van der Waals surface area (Å²) in [5, 5.41) is 13.6. The van der Waals surface area contributed by atoms with E-state index in [2.05, 4.69) is 30.6 Å². The normalized spacial score (nSPS) is 13.7. The van der Waals surface area contributed by atoms with Gasteiger partial charge in [0.25, 0.3) is 15.9 Å². The minimum atomic E-state index is -3.75. The summed E-state index contributed by atoms with van der Waals surface area (Å²) in [4.78, 5) is 16.7. The zero-order valence-electron chi connectivity index (χ0n) is 15.2. The molecule has 148 valence electrons. The molecule has 1 aliphatic heterocycles. The van der Waals surface area contributed by atoms with E-state index in [0.29, 0.717) is 35.7 Å². The molecule has 2 heterocycles. The van der Waals surface area contributed by atoms with E-state index < -0.39 is 10.0 Å². The van der Waals surface area contributed by atoms with Gasteiger partial charge in [0, 0.05) is 24.2 Å². The summed E-state index contributed by atoms with van der Waals surface area (Å²) in [6.07, 6.45) is 2.89. The van der Waals surface area contributed by atoms with Crippen LogP contribution >= 0.6 is 0 Å². The summed E-state index contributed by atoms with van der Waals surface area (Å²) in [7, 11) is -3.75. The number of aliphatic imine (C=N–C) groups is 1. The summed E-state index contributed by atoms with van der Waals surface area (Å²) >= 11 is 0. The zero-order valence-corrected chi connectivity index (χ0v) is 16.0. The van der Waals surface area contributed by atoms with Crippen LogP contribution in [0.5, 0.6) is 0 Å². The molecule has 0 aliphatic carbocycles. The predicted octanol–water partition coefficient (Wildman–Crippen LogP) is 1.39. The highest BCUT2D eigenvalue weighted by molar-refractivity contribution is 7.90. The van der Waals surface area contributed by atoms with Crippen molar-refractivity contribution in [3.63, 3.8) is 0 Å². The summed E-state index contributed by atoms with van der Waals surface area (Å²) in [6, 6.07) is 12.7. The molecule has 2 aromatic carbocycles. The van der Waals surface area contributed by atoms with E-state index >= 15 is 0 Å². The van der Waals surface area contributed by atoms with Crippen molar-refractivity contribution in [2.24, 2.45) is 4.99 Å². The fourth-order valence-corrected chi connectivity index (χ4v) is 3.96. The molecule has 0 spiro atoms. The van der Waals surface area contributed by atoms with Gasteiger partial charge in [0.1, 0.15) is 12.2 Å². The lowest BCUT2D eigenvalue weighted by Gasteiger charge is -2.10. The van der Waals surface area contributed by atoms with Crippen molar-refractivity contribution >= 4 is 27.5 Å². The molecule has 4 rings (SSSR count). The van der Waals surface area contributed by atoms with Crippen molar-refractivity contribution in [1.82, 2.24) is 24.9 Å². The van der Waals surface area contributed by atoms with Crippen LogP contribution in [0, 0.1) is 0 Å². The Bertz CT molecular complexity index is 1160. The molecule has 10 nitrogen and oxygen atoms in total. The molecule has 0 unspecified atom stereocenters. The van der Waals surface area contributed by atoms with Gasteiger partial charge in [0.05, 0.1) is 10.6 Å². The van der Waals surface area contributed by atoms with Gasteiger partial charge in [-0.2, -0.15) is 0 Å². The summed E-state index contributed by atoms with van der Waals surface area (Å²) < 4.78 is 29.0. The van der Waals surface area contributed by atoms with Gasteiger partial charge in [0.2, 0.25) is 0 Å². The number of hydrogen-bond donors (Lipinski definition) is 2. The van der Waals surface area contributed by atoms with E-state index in [4.69, 9.17) is 0 Å². The number of aromatic nitrogens is 4.